The number of fused-ring (bicyclic) bond motifs is 1. The molecule has 4 rings (SSSR count). The van der Waals surface area contributed by atoms with Gasteiger partial charge in [0.15, 0.2) is 0 Å². The predicted octanol–water partition coefficient (Wildman–Crippen LogP) is 2.14. The van der Waals surface area contributed by atoms with Crippen LogP contribution in [0.1, 0.15) is 31.2 Å². The molecular weight excluding hydrogens is 408 g/mol. The van der Waals surface area contributed by atoms with E-state index in [1.54, 1.807) is 12.3 Å². The summed E-state index contributed by atoms with van der Waals surface area (Å²) in [6.45, 7) is 2.51. The fourth-order valence-corrected chi connectivity index (χ4v) is 4.18. The molecule has 2 N–H and O–H groups in total. The first-order valence-electron chi connectivity index (χ1n) is 11.1. The Morgan fingerprint density at radius 2 is 1.78 bits per heavy atom. The number of benzene rings is 1. The average molecular weight is 437 g/mol. The number of rotatable bonds is 8. The van der Waals surface area contributed by atoms with E-state index in [1.807, 2.05) is 34.9 Å². The summed E-state index contributed by atoms with van der Waals surface area (Å²) in [5.41, 5.74) is 1.60. The Bertz CT molecular complexity index is 1040. The third-order valence-corrected chi connectivity index (χ3v) is 5.86. The number of para-hydroxylation sites is 1. The lowest BCUT2D eigenvalue weighted by Crippen LogP contribution is -2.34. The molecule has 0 radical (unpaired) electrons. The number of nitriles is 1. The zero-order valence-corrected chi connectivity index (χ0v) is 18.0. The molecule has 32 heavy (non-hydrogen) atoms. The SMILES string of the molecule is N#C/C(=C\c1cn(CC(=O)NC[C@H]2CCCO2)c2ccccc12)C(=O)NC[C@@H]1CCCO1. The van der Waals surface area contributed by atoms with Crippen LogP contribution in [0, 0.1) is 11.3 Å². The van der Waals surface area contributed by atoms with E-state index in [0.29, 0.717) is 19.7 Å². The van der Waals surface area contributed by atoms with Crippen LogP contribution >= 0.6 is 0 Å². The highest BCUT2D eigenvalue weighted by atomic mass is 16.5. The number of amides is 2. The van der Waals surface area contributed by atoms with Gasteiger partial charge in [-0.2, -0.15) is 5.26 Å². The molecular formula is C24H28N4O4. The maximum Gasteiger partial charge on any atom is 0.262 e. The van der Waals surface area contributed by atoms with E-state index < -0.39 is 5.91 Å². The molecule has 2 fully saturated rings. The quantitative estimate of drug-likeness (QED) is 0.487. The van der Waals surface area contributed by atoms with Gasteiger partial charge in [0.2, 0.25) is 5.91 Å². The molecule has 8 heteroatoms. The van der Waals surface area contributed by atoms with Crippen molar-refractivity contribution in [3.63, 3.8) is 0 Å². The van der Waals surface area contributed by atoms with Gasteiger partial charge in [0.1, 0.15) is 18.2 Å². The van der Waals surface area contributed by atoms with Crippen LogP contribution < -0.4 is 10.6 Å². The summed E-state index contributed by atoms with van der Waals surface area (Å²) in [5.74, 6) is -0.527. The highest BCUT2D eigenvalue weighted by Crippen LogP contribution is 2.24. The number of hydrogen-bond donors (Lipinski definition) is 2. The highest BCUT2D eigenvalue weighted by molar-refractivity contribution is 6.04. The minimum atomic E-state index is -0.422. The zero-order valence-electron chi connectivity index (χ0n) is 18.0. The van der Waals surface area contributed by atoms with Gasteiger partial charge in [-0.1, -0.05) is 18.2 Å². The molecule has 2 saturated heterocycles. The minimum absolute atomic E-state index is 0.00829. The summed E-state index contributed by atoms with van der Waals surface area (Å²) < 4.78 is 12.9. The van der Waals surface area contributed by atoms with E-state index in [4.69, 9.17) is 9.47 Å². The lowest BCUT2D eigenvalue weighted by molar-refractivity contribution is -0.122. The lowest BCUT2D eigenvalue weighted by atomic mass is 10.1. The number of aromatic nitrogens is 1. The molecule has 0 unspecified atom stereocenters. The van der Waals surface area contributed by atoms with E-state index in [2.05, 4.69) is 10.6 Å². The predicted molar refractivity (Wildman–Crippen MR) is 119 cm³/mol. The largest absolute Gasteiger partial charge is 0.376 e. The number of carbonyl (C=O) groups is 2. The first-order chi connectivity index (χ1) is 15.6. The minimum Gasteiger partial charge on any atom is -0.376 e. The van der Waals surface area contributed by atoms with Crippen molar-refractivity contribution in [2.75, 3.05) is 26.3 Å². The fraction of sp³-hybridized carbons (Fsp3) is 0.458. The van der Waals surface area contributed by atoms with Crippen molar-refractivity contribution in [3.05, 3.63) is 41.6 Å². The van der Waals surface area contributed by atoms with E-state index in [0.717, 1.165) is 48.8 Å². The van der Waals surface area contributed by atoms with Gasteiger partial charge in [0.25, 0.3) is 5.91 Å². The molecule has 0 saturated carbocycles. The third kappa shape index (κ3) is 5.36. The number of nitrogens with zero attached hydrogens (tertiary/aromatic N) is 2. The van der Waals surface area contributed by atoms with Gasteiger partial charge < -0.3 is 24.7 Å². The summed E-state index contributed by atoms with van der Waals surface area (Å²) in [6, 6.07) is 9.63. The number of ether oxygens (including phenoxy) is 2. The Hall–Kier alpha value is -3.15. The van der Waals surface area contributed by atoms with E-state index in [1.165, 1.54) is 0 Å². The molecule has 2 aliphatic rings. The molecule has 0 spiro atoms. The van der Waals surface area contributed by atoms with Gasteiger partial charge in [0, 0.05) is 49.0 Å². The summed E-state index contributed by atoms with van der Waals surface area (Å²) >= 11 is 0. The molecule has 2 aromatic rings. The molecule has 8 nitrogen and oxygen atoms in total. The van der Waals surface area contributed by atoms with Crippen LogP contribution in [-0.2, 0) is 25.6 Å². The molecule has 0 aliphatic carbocycles. The average Bonchev–Trinajstić information content (AvgIpc) is 3.57. The van der Waals surface area contributed by atoms with E-state index in [-0.39, 0.29) is 30.2 Å². The molecule has 1 aromatic carbocycles. The van der Waals surface area contributed by atoms with E-state index >= 15 is 0 Å². The van der Waals surface area contributed by atoms with Gasteiger partial charge in [-0.05, 0) is 37.8 Å². The van der Waals surface area contributed by atoms with Gasteiger partial charge >= 0.3 is 0 Å². The molecule has 1 aromatic heterocycles. The van der Waals surface area contributed by atoms with Gasteiger partial charge in [0.05, 0.1) is 12.2 Å². The molecule has 2 atom stereocenters. The summed E-state index contributed by atoms with van der Waals surface area (Å²) in [6.07, 6.45) is 7.37. The van der Waals surface area contributed by atoms with Gasteiger partial charge in [-0.3, -0.25) is 9.59 Å². The van der Waals surface area contributed by atoms with Crippen molar-refractivity contribution >= 4 is 28.8 Å². The third-order valence-electron chi connectivity index (χ3n) is 5.86. The molecule has 3 heterocycles. The smallest absolute Gasteiger partial charge is 0.262 e. The van der Waals surface area contributed by atoms with Crippen molar-refractivity contribution < 1.29 is 19.1 Å². The molecule has 168 valence electrons. The number of carbonyl (C=O) groups excluding carboxylic acids is 2. The topological polar surface area (TPSA) is 105 Å². The van der Waals surface area contributed by atoms with Crippen LogP contribution in [0.3, 0.4) is 0 Å². The maximum absolute atomic E-state index is 12.5. The Labute approximate surface area is 187 Å². The number of nitrogens with one attached hydrogen (secondary N) is 2. The van der Waals surface area contributed by atoms with Crippen molar-refractivity contribution in [1.29, 1.82) is 5.26 Å². The summed E-state index contributed by atoms with van der Waals surface area (Å²) in [7, 11) is 0. The first-order valence-corrected chi connectivity index (χ1v) is 11.1. The monoisotopic (exact) mass is 436 g/mol. The van der Waals surface area contributed by atoms with Crippen LogP contribution in [0.25, 0.3) is 17.0 Å². The second kappa shape index (κ2) is 10.4. The second-order valence-corrected chi connectivity index (χ2v) is 8.18. The zero-order chi connectivity index (χ0) is 22.3. The first kappa shape index (κ1) is 22.1. The Kier molecular flexibility index (Phi) is 7.20. The van der Waals surface area contributed by atoms with E-state index in [9.17, 15) is 14.9 Å². The van der Waals surface area contributed by atoms with Crippen molar-refractivity contribution in [2.24, 2.45) is 0 Å². The Balaban J connectivity index is 1.47. The summed E-state index contributed by atoms with van der Waals surface area (Å²) in [4.78, 5) is 25.0. The van der Waals surface area contributed by atoms with Crippen molar-refractivity contribution in [2.45, 2.75) is 44.4 Å². The Morgan fingerprint density at radius 1 is 1.09 bits per heavy atom. The van der Waals surface area contributed by atoms with Gasteiger partial charge in [-0.25, -0.2) is 0 Å². The van der Waals surface area contributed by atoms with Crippen molar-refractivity contribution in [1.82, 2.24) is 15.2 Å². The summed E-state index contributed by atoms with van der Waals surface area (Å²) in [5, 5.41) is 16.1. The van der Waals surface area contributed by atoms with Crippen LogP contribution in [0.2, 0.25) is 0 Å². The fourth-order valence-electron chi connectivity index (χ4n) is 4.18. The van der Waals surface area contributed by atoms with Crippen LogP contribution in [0.15, 0.2) is 36.0 Å². The highest BCUT2D eigenvalue weighted by Gasteiger charge is 2.19. The molecule has 2 amide bonds. The second-order valence-electron chi connectivity index (χ2n) is 8.18. The lowest BCUT2D eigenvalue weighted by Gasteiger charge is -2.11. The van der Waals surface area contributed by atoms with Crippen LogP contribution in [0.5, 0.6) is 0 Å². The molecule has 2 aliphatic heterocycles. The normalized spacial score (nSPS) is 20.9. The van der Waals surface area contributed by atoms with Crippen molar-refractivity contribution in [3.8, 4) is 6.07 Å². The number of hydrogen-bond acceptors (Lipinski definition) is 5. The standard InChI is InChI=1S/C24H28N4O4/c25-12-17(24(30)27-14-20-6-4-10-32-20)11-18-15-28(22-8-2-1-7-21(18)22)16-23(29)26-13-19-5-3-9-31-19/h1-2,7-8,11,15,19-20H,3-6,9-10,13-14,16H2,(H,26,29)(H,27,30)/b17-11+/t19-,20+/m1/s1. The van der Waals surface area contributed by atoms with Crippen LogP contribution in [-0.4, -0.2) is 54.9 Å². The van der Waals surface area contributed by atoms with Crippen LogP contribution in [0.4, 0.5) is 0 Å². The van der Waals surface area contributed by atoms with Gasteiger partial charge in [-0.15, -0.1) is 0 Å². The Morgan fingerprint density at radius 3 is 2.44 bits per heavy atom. The molecule has 0 bridgehead atoms. The maximum atomic E-state index is 12.5.